The number of azo groups is 2. The van der Waals surface area contributed by atoms with Crippen LogP contribution in [0.1, 0.15) is 57.4 Å². The lowest BCUT2D eigenvalue weighted by molar-refractivity contribution is 0.101. The van der Waals surface area contributed by atoms with E-state index in [-0.39, 0.29) is 51.5 Å². The monoisotopic (exact) mass is 996 g/mol. The zero-order valence-corrected chi connectivity index (χ0v) is 39.9. The van der Waals surface area contributed by atoms with Gasteiger partial charge in [-0.25, -0.2) is 0 Å². The number of carbonyl (C=O) groups is 5. The predicted octanol–water partition coefficient (Wildman–Crippen LogP) is 14.5. The quantitative estimate of drug-likeness (QED) is 0.0649. The lowest BCUT2D eigenvalue weighted by Crippen LogP contribution is -2.13. The van der Waals surface area contributed by atoms with E-state index in [1.54, 1.807) is 182 Å². The largest absolute Gasteiger partial charge is 0.505 e. The van der Waals surface area contributed by atoms with Crippen LogP contribution in [0.25, 0.3) is 32.7 Å². The van der Waals surface area contributed by atoms with Crippen molar-refractivity contribution in [3.05, 3.63) is 240 Å². The summed E-state index contributed by atoms with van der Waals surface area (Å²) >= 11 is 0. The number of hydrogen-bond acceptors (Lipinski definition) is 11. The van der Waals surface area contributed by atoms with Gasteiger partial charge in [-0.1, -0.05) is 97.1 Å². The molecular weight excluding hydrogens is 957 g/mol. The van der Waals surface area contributed by atoms with Crippen molar-refractivity contribution in [3.63, 3.8) is 0 Å². The van der Waals surface area contributed by atoms with Gasteiger partial charge < -0.3 is 31.5 Å². The van der Waals surface area contributed by atoms with Gasteiger partial charge >= 0.3 is 0 Å². The van der Waals surface area contributed by atoms with Crippen LogP contribution in [0, 0.1) is 0 Å². The molecule has 0 saturated heterocycles. The lowest BCUT2D eigenvalue weighted by Gasteiger charge is -2.12. The number of anilines is 4. The van der Waals surface area contributed by atoms with Crippen molar-refractivity contribution < 1.29 is 34.2 Å². The summed E-state index contributed by atoms with van der Waals surface area (Å²) in [5.41, 5.74) is 4.94. The molecule has 0 heterocycles. The first-order chi connectivity index (χ1) is 37.0. The molecular formula is C61H40N8O7. The highest BCUT2D eigenvalue weighted by molar-refractivity contribution is 6.22. The molecule has 15 nitrogen and oxygen atoms in total. The van der Waals surface area contributed by atoms with E-state index in [0.717, 1.165) is 0 Å². The van der Waals surface area contributed by atoms with Crippen molar-refractivity contribution in [1.82, 2.24) is 0 Å². The molecule has 0 spiro atoms. The van der Waals surface area contributed by atoms with E-state index in [1.165, 1.54) is 12.1 Å². The molecule has 0 atom stereocenters. The second-order valence-electron chi connectivity index (χ2n) is 17.6. The first-order valence-electron chi connectivity index (χ1n) is 23.8. The molecule has 76 heavy (non-hydrogen) atoms. The maximum Gasteiger partial charge on any atom is 0.259 e. The second kappa shape index (κ2) is 20.3. The highest BCUT2D eigenvalue weighted by atomic mass is 16.3. The number of phenolic OH excluding ortho intramolecular Hbond substituents is 2. The summed E-state index contributed by atoms with van der Waals surface area (Å²) in [4.78, 5) is 68.3. The number of nitrogens with zero attached hydrogens (tertiary/aromatic N) is 4. The number of phenols is 2. The molecule has 0 saturated carbocycles. The van der Waals surface area contributed by atoms with Crippen LogP contribution in [0.5, 0.6) is 11.5 Å². The number of aromatic hydroxyl groups is 2. The van der Waals surface area contributed by atoms with Gasteiger partial charge in [0, 0.05) is 55.8 Å². The van der Waals surface area contributed by atoms with Crippen LogP contribution in [0.2, 0.25) is 0 Å². The number of carbonyl (C=O) groups excluding carboxylic acids is 5. The fourth-order valence-electron chi connectivity index (χ4n) is 8.87. The molecule has 10 aromatic rings. The Bertz CT molecular complexity index is 3800. The van der Waals surface area contributed by atoms with Crippen molar-refractivity contribution in [2.75, 3.05) is 21.3 Å². The van der Waals surface area contributed by atoms with Gasteiger partial charge in [0.15, 0.2) is 17.3 Å². The molecule has 10 aromatic carbocycles. The topological polar surface area (TPSA) is 223 Å². The van der Waals surface area contributed by atoms with E-state index >= 15 is 0 Å². The molecule has 1 aliphatic rings. The van der Waals surface area contributed by atoms with E-state index in [9.17, 15) is 34.2 Å². The van der Waals surface area contributed by atoms with Crippen LogP contribution in [0.15, 0.2) is 227 Å². The van der Waals surface area contributed by atoms with E-state index in [2.05, 4.69) is 41.7 Å². The van der Waals surface area contributed by atoms with Crippen molar-refractivity contribution in [1.29, 1.82) is 0 Å². The van der Waals surface area contributed by atoms with Crippen LogP contribution >= 0.6 is 0 Å². The zero-order valence-electron chi connectivity index (χ0n) is 39.9. The molecule has 15 heteroatoms. The van der Waals surface area contributed by atoms with Crippen molar-refractivity contribution in [2.24, 2.45) is 20.5 Å². The van der Waals surface area contributed by atoms with E-state index in [0.29, 0.717) is 77.7 Å². The van der Waals surface area contributed by atoms with Crippen LogP contribution in [-0.2, 0) is 0 Å². The molecule has 366 valence electrons. The Labute approximate surface area is 433 Å². The third kappa shape index (κ3) is 9.60. The summed E-state index contributed by atoms with van der Waals surface area (Å²) in [6.45, 7) is 0. The number of fused-ring (bicyclic) bond motifs is 5. The molecule has 0 fully saturated rings. The van der Waals surface area contributed by atoms with Crippen LogP contribution in [0.3, 0.4) is 0 Å². The number of rotatable bonds is 12. The number of nitrogens with one attached hydrogen (secondary N) is 4. The van der Waals surface area contributed by atoms with E-state index < -0.39 is 23.3 Å². The van der Waals surface area contributed by atoms with Gasteiger partial charge in [0.05, 0.1) is 22.5 Å². The molecule has 4 amide bonds. The highest BCUT2D eigenvalue weighted by Crippen LogP contribution is 2.44. The molecule has 0 aromatic heterocycles. The van der Waals surface area contributed by atoms with E-state index in [4.69, 9.17) is 0 Å². The molecule has 0 radical (unpaired) electrons. The van der Waals surface area contributed by atoms with Crippen LogP contribution in [-0.4, -0.2) is 39.6 Å². The Hall–Kier alpha value is -10.9. The molecule has 11 rings (SSSR count). The van der Waals surface area contributed by atoms with E-state index in [1.807, 2.05) is 12.1 Å². The van der Waals surface area contributed by atoms with Crippen LogP contribution in [0.4, 0.5) is 45.5 Å². The summed E-state index contributed by atoms with van der Waals surface area (Å²) < 4.78 is 0. The Balaban J connectivity index is 0.892. The number of hydrogen-bond donors (Lipinski definition) is 6. The average Bonchev–Trinajstić information content (AvgIpc) is 3.73. The summed E-state index contributed by atoms with van der Waals surface area (Å²) in [6.07, 6.45) is 0. The Morgan fingerprint density at radius 2 is 0.684 bits per heavy atom. The third-order valence-corrected chi connectivity index (χ3v) is 12.6. The van der Waals surface area contributed by atoms with Crippen LogP contribution < -0.4 is 21.3 Å². The maximum atomic E-state index is 14.2. The maximum absolute atomic E-state index is 14.2. The summed E-state index contributed by atoms with van der Waals surface area (Å²) in [5.74, 6) is -3.24. The molecule has 1 aliphatic carbocycles. The Morgan fingerprint density at radius 1 is 0.342 bits per heavy atom. The van der Waals surface area contributed by atoms with Gasteiger partial charge in [0.1, 0.15) is 11.4 Å². The lowest BCUT2D eigenvalue weighted by atomic mass is 10.00. The molecule has 6 N–H and O–H groups in total. The number of ketones is 1. The molecule has 0 unspecified atom stereocenters. The van der Waals surface area contributed by atoms with Gasteiger partial charge in [-0.15, -0.1) is 10.2 Å². The number of para-hydroxylation sites is 4. The van der Waals surface area contributed by atoms with Gasteiger partial charge in [0.25, 0.3) is 23.6 Å². The zero-order chi connectivity index (χ0) is 52.3. The smallest absolute Gasteiger partial charge is 0.259 e. The predicted molar refractivity (Wildman–Crippen MR) is 292 cm³/mol. The van der Waals surface area contributed by atoms with Gasteiger partial charge in [-0.05, 0) is 131 Å². The van der Waals surface area contributed by atoms with Gasteiger partial charge in [0.2, 0.25) is 0 Å². The minimum absolute atomic E-state index is 0.0361. The first kappa shape index (κ1) is 47.4. The van der Waals surface area contributed by atoms with Crippen molar-refractivity contribution in [2.45, 2.75) is 0 Å². The first-order valence-corrected chi connectivity index (χ1v) is 23.8. The minimum atomic E-state index is -0.620. The second-order valence-corrected chi connectivity index (χ2v) is 17.6. The average molecular weight is 997 g/mol. The fourth-order valence-corrected chi connectivity index (χ4v) is 8.87. The van der Waals surface area contributed by atoms with Gasteiger partial charge in [-0.2, -0.15) is 10.2 Å². The van der Waals surface area contributed by atoms with Gasteiger partial charge in [-0.3, -0.25) is 24.0 Å². The summed E-state index contributed by atoms with van der Waals surface area (Å²) in [7, 11) is 0. The molecule has 0 aliphatic heterocycles. The standard InChI is InChI=1S/C61H40N8O7/c70-55-49-33-43(66-68-53-45-25-21-35(58(73)62-39-13-5-1-6-14-39)29-37(45)31-51(56(53)71)60(75)64-41-17-9-3-10-18-41)23-27-47(49)48-28-24-44(34-50(48)55)67-69-54-46-26-22-36(59(74)63-40-15-7-2-8-16-40)30-38(46)32-52(57(54)72)61(76)65-42-19-11-4-12-20-42/h1-34,71-72H,(H,62,73)(H,63,74)(H,64,75)(H,65,76). The SMILES string of the molecule is O=C(Nc1ccccc1)c1ccc2c(N=Nc3ccc4c(c3)C(=O)c3cc(N=Nc5c(O)c(C(=O)Nc6ccccc6)cc6cc(C(=O)Nc7ccccc7)ccc56)ccc3-4)c(O)c(C(=O)Nc3ccccc3)cc2c1. The Morgan fingerprint density at radius 3 is 1.04 bits per heavy atom. The van der Waals surface area contributed by atoms with Crippen molar-refractivity contribution in [3.8, 4) is 22.6 Å². The Kier molecular flexibility index (Phi) is 12.7. The minimum Gasteiger partial charge on any atom is -0.505 e. The normalized spacial score (nSPS) is 11.7. The molecule has 0 bridgehead atoms. The summed E-state index contributed by atoms with van der Waals surface area (Å²) in [6, 6.07) is 57.9. The highest BCUT2D eigenvalue weighted by Gasteiger charge is 2.28. The summed E-state index contributed by atoms with van der Waals surface area (Å²) in [5, 5.41) is 54.1. The third-order valence-electron chi connectivity index (χ3n) is 12.6. The number of amides is 4. The van der Waals surface area contributed by atoms with Crippen molar-refractivity contribution >= 4 is 96.5 Å². The fraction of sp³-hybridized carbons (Fsp3) is 0. The number of benzene rings is 10.